The lowest BCUT2D eigenvalue weighted by Gasteiger charge is -2.10. The Labute approximate surface area is 128 Å². The Morgan fingerprint density at radius 2 is 1.27 bits per heavy atom. The molecule has 0 aliphatic rings. The van der Waals surface area contributed by atoms with Crippen LogP contribution < -0.4 is 20.3 Å². The Kier molecular flexibility index (Phi) is 4.98. The molecule has 2 aromatic rings. The molecule has 0 aromatic heterocycles. The van der Waals surface area contributed by atoms with Crippen LogP contribution in [0.15, 0.2) is 48.5 Å². The van der Waals surface area contributed by atoms with Gasteiger partial charge in [-0.05, 0) is 24.3 Å². The predicted molar refractivity (Wildman–Crippen MR) is 80.9 cm³/mol. The van der Waals surface area contributed by atoms with Crippen molar-refractivity contribution in [2.45, 2.75) is 0 Å². The van der Waals surface area contributed by atoms with Gasteiger partial charge in [0.2, 0.25) is 0 Å². The number of carbonyl (C=O) groups excluding carboxylic acids is 2. The molecule has 114 valence electrons. The van der Waals surface area contributed by atoms with Crippen molar-refractivity contribution >= 4 is 11.8 Å². The maximum Gasteiger partial charge on any atom is 0.269 e. The van der Waals surface area contributed by atoms with Gasteiger partial charge in [0.1, 0.15) is 11.5 Å². The van der Waals surface area contributed by atoms with Gasteiger partial charge in [0, 0.05) is 17.2 Å². The van der Waals surface area contributed by atoms with Crippen molar-refractivity contribution in [2.24, 2.45) is 0 Å². The number of methoxy groups -OCH3 is 2. The van der Waals surface area contributed by atoms with E-state index >= 15 is 0 Å². The van der Waals surface area contributed by atoms with E-state index in [9.17, 15) is 9.59 Å². The van der Waals surface area contributed by atoms with Gasteiger partial charge in [0.25, 0.3) is 11.8 Å². The summed E-state index contributed by atoms with van der Waals surface area (Å²) in [5.41, 5.74) is 5.46. The van der Waals surface area contributed by atoms with Crippen molar-refractivity contribution in [1.29, 1.82) is 0 Å². The van der Waals surface area contributed by atoms with Gasteiger partial charge in [-0.3, -0.25) is 20.4 Å². The first kappa shape index (κ1) is 15.4. The number of nitrogens with one attached hydrogen (secondary N) is 2. The monoisotopic (exact) mass is 300 g/mol. The molecule has 0 bridgehead atoms. The molecule has 2 amide bonds. The molecule has 0 fully saturated rings. The number of ether oxygens (including phenoxy) is 2. The molecule has 0 saturated heterocycles. The van der Waals surface area contributed by atoms with Crippen LogP contribution >= 0.6 is 0 Å². The van der Waals surface area contributed by atoms with Crippen molar-refractivity contribution in [3.05, 3.63) is 59.7 Å². The average Bonchev–Trinajstić information content (AvgIpc) is 2.59. The fourth-order valence-electron chi connectivity index (χ4n) is 1.79. The number of rotatable bonds is 4. The van der Waals surface area contributed by atoms with Crippen molar-refractivity contribution in [2.75, 3.05) is 14.2 Å². The normalized spacial score (nSPS) is 9.73. The molecule has 22 heavy (non-hydrogen) atoms. The molecule has 0 heterocycles. The third-order valence-electron chi connectivity index (χ3n) is 2.94. The number of carbonyl (C=O) groups is 2. The fraction of sp³-hybridized carbons (Fsp3) is 0.125. The third-order valence-corrected chi connectivity index (χ3v) is 2.94. The number of benzene rings is 2. The number of hydrogen-bond acceptors (Lipinski definition) is 4. The van der Waals surface area contributed by atoms with Crippen LogP contribution in [0.2, 0.25) is 0 Å². The summed E-state index contributed by atoms with van der Waals surface area (Å²) in [7, 11) is 2.99. The summed E-state index contributed by atoms with van der Waals surface area (Å²) in [5, 5.41) is 0. The van der Waals surface area contributed by atoms with Crippen LogP contribution in [0.3, 0.4) is 0 Å². The Balaban J connectivity index is 2.05. The van der Waals surface area contributed by atoms with E-state index in [1.165, 1.54) is 14.2 Å². The van der Waals surface area contributed by atoms with Gasteiger partial charge < -0.3 is 9.47 Å². The van der Waals surface area contributed by atoms with Crippen molar-refractivity contribution in [3.63, 3.8) is 0 Å². The standard InChI is InChI=1S/C16H16N2O4/c1-21-13-8-12(9-14(10-13)22-2)16(20)18-17-15(19)11-6-4-3-5-7-11/h3-10H,1-2H3,(H,17,19)(H,18,20). The van der Waals surface area contributed by atoms with Gasteiger partial charge in [-0.1, -0.05) is 18.2 Å². The second kappa shape index (κ2) is 7.12. The summed E-state index contributed by atoms with van der Waals surface area (Å²) in [5.74, 6) is 0.100. The molecule has 2 N–H and O–H groups in total. The Hall–Kier alpha value is -3.02. The Bertz CT molecular complexity index is 649. The molecular formula is C16H16N2O4. The molecule has 0 aliphatic carbocycles. The molecule has 0 atom stereocenters. The average molecular weight is 300 g/mol. The van der Waals surface area contributed by atoms with Crippen molar-refractivity contribution < 1.29 is 19.1 Å². The van der Waals surface area contributed by atoms with E-state index in [1.54, 1.807) is 48.5 Å². The van der Waals surface area contributed by atoms with E-state index in [2.05, 4.69) is 10.9 Å². The highest BCUT2D eigenvalue weighted by atomic mass is 16.5. The zero-order valence-electron chi connectivity index (χ0n) is 12.3. The van der Waals surface area contributed by atoms with Crippen molar-refractivity contribution in [3.8, 4) is 11.5 Å². The maximum atomic E-state index is 12.1. The lowest BCUT2D eigenvalue weighted by atomic mass is 10.2. The molecule has 0 aliphatic heterocycles. The highest BCUT2D eigenvalue weighted by molar-refractivity contribution is 5.99. The van der Waals surface area contributed by atoms with E-state index in [4.69, 9.17) is 9.47 Å². The van der Waals surface area contributed by atoms with Crippen LogP contribution in [0.1, 0.15) is 20.7 Å². The Morgan fingerprint density at radius 3 is 1.77 bits per heavy atom. The van der Waals surface area contributed by atoms with Crippen LogP contribution in [-0.4, -0.2) is 26.0 Å². The van der Waals surface area contributed by atoms with Crippen LogP contribution in [-0.2, 0) is 0 Å². The quantitative estimate of drug-likeness (QED) is 0.844. The maximum absolute atomic E-state index is 12.1. The molecule has 2 aromatic carbocycles. The number of hydrogen-bond donors (Lipinski definition) is 2. The molecule has 6 heteroatoms. The van der Waals surface area contributed by atoms with E-state index in [0.717, 1.165) is 0 Å². The summed E-state index contributed by atoms with van der Waals surface area (Å²) < 4.78 is 10.2. The van der Waals surface area contributed by atoms with Gasteiger partial charge in [-0.15, -0.1) is 0 Å². The molecule has 0 unspecified atom stereocenters. The molecule has 0 saturated carbocycles. The van der Waals surface area contributed by atoms with Gasteiger partial charge >= 0.3 is 0 Å². The molecule has 6 nitrogen and oxygen atoms in total. The SMILES string of the molecule is COc1cc(OC)cc(C(=O)NNC(=O)c2ccccc2)c1. The molecule has 2 rings (SSSR count). The van der Waals surface area contributed by atoms with Crippen molar-refractivity contribution in [1.82, 2.24) is 10.9 Å². The minimum atomic E-state index is -0.471. The number of hydrazine groups is 1. The smallest absolute Gasteiger partial charge is 0.269 e. The van der Waals surface area contributed by atoms with Gasteiger partial charge in [0.05, 0.1) is 14.2 Å². The van der Waals surface area contributed by atoms with Crippen LogP contribution in [0.5, 0.6) is 11.5 Å². The van der Waals surface area contributed by atoms with Gasteiger partial charge in [-0.25, -0.2) is 0 Å². The summed E-state index contributed by atoms with van der Waals surface area (Å²) in [6, 6.07) is 13.3. The largest absolute Gasteiger partial charge is 0.497 e. The van der Waals surface area contributed by atoms with Gasteiger partial charge in [-0.2, -0.15) is 0 Å². The lowest BCUT2D eigenvalue weighted by molar-refractivity contribution is 0.0846. The zero-order chi connectivity index (χ0) is 15.9. The topological polar surface area (TPSA) is 76.7 Å². The summed E-state index contributed by atoms with van der Waals surface area (Å²) >= 11 is 0. The first-order chi connectivity index (χ1) is 10.6. The predicted octanol–water partition coefficient (Wildman–Crippen LogP) is 1.78. The van der Waals surface area contributed by atoms with E-state index in [0.29, 0.717) is 22.6 Å². The van der Waals surface area contributed by atoms with E-state index < -0.39 is 11.8 Å². The summed E-state index contributed by atoms with van der Waals surface area (Å²) in [4.78, 5) is 23.9. The lowest BCUT2D eigenvalue weighted by Crippen LogP contribution is -2.41. The van der Waals surface area contributed by atoms with Crippen LogP contribution in [0.4, 0.5) is 0 Å². The molecule has 0 radical (unpaired) electrons. The third kappa shape index (κ3) is 3.76. The zero-order valence-corrected chi connectivity index (χ0v) is 12.3. The minimum Gasteiger partial charge on any atom is -0.497 e. The first-order valence-corrected chi connectivity index (χ1v) is 6.53. The minimum absolute atomic E-state index is 0.310. The number of amides is 2. The second-order valence-electron chi connectivity index (χ2n) is 4.38. The van der Waals surface area contributed by atoms with E-state index in [1.807, 2.05) is 0 Å². The van der Waals surface area contributed by atoms with Gasteiger partial charge in [0.15, 0.2) is 0 Å². The van der Waals surface area contributed by atoms with E-state index in [-0.39, 0.29) is 0 Å². The summed E-state index contributed by atoms with van der Waals surface area (Å²) in [6.07, 6.45) is 0. The second-order valence-corrected chi connectivity index (χ2v) is 4.38. The Morgan fingerprint density at radius 1 is 0.773 bits per heavy atom. The highest BCUT2D eigenvalue weighted by Gasteiger charge is 2.11. The highest BCUT2D eigenvalue weighted by Crippen LogP contribution is 2.22. The fourth-order valence-corrected chi connectivity index (χ4v) is 1.79. The molecule has 0 spiro atoms. The summed E-state index contributed by atoms with van der Waals surface area (Å²) in [6.45, 7) is 0. The molecular weight excluding hydrogens is 284 g/mol. The first-order valence-electron chi connectivity index (χ1n) is 6.53. The van der Waals surface area contributed by atoms with Crippen LogP contribution in [0, 0.1) is 0 Å². The van der Waals surface area contributed by atoms with Crippen LogP contribution in [0.25, 0.3) is 0 Å².